The van der Waals surface area contributed by atoms with Crippen LogP contribution in [0.2, 0.25) is 0 Å². The van der Waals surface area contributed by atoms with Crippen LogP contribution in [0.25, 0.3) is 0 Å². The van der Waals surface area contributed by atoms with Crippen molar-refractivity contribution < 1.29 is 9.90 Å². The fourth-order valence-corrected chi connectivity index (χ4v) is 1.52. The van der Waals surface area contributed by atoms with Gasteiger partial charge in [0, 0.05) is 13.7 Å². The van der Waals surface area contributed by atoms with Crippen molar-refractivity contribution in [1.82, 2.24) is 5.32 Å². The Balaban J connectivity index is 3.36. The SMILES string of the molecule is CNC(=O)C(C)SCCCO. The summed E-state index contributed by atoms with van der Waals surface area (Å²) in [5.41, 5.74) is 0. The first-order valence-electron chi connectivity index (χ1n) is 3.66. The van der Waals surface area contributed by atoms with Crippen molar-refractivity contribution in [3.63, 3.8) is 0 Å². The second-order valence-electron chi connectivity index (χ2n) is 2.20. The summed E-state index contributed by atoms with van der Waals surface area (Å²) in [6.07, 6.45) is 0.756. The average Bonchev–Trinajstić information content (AvgIpc) is 2.03. The minimum Gasteiger partial charge on any atom is -0.396 e. The summed E-state index contributed by atoms with van der Waals surface area (Å²) in [6, 6.07) is 0. The smallest absolute Gasteiger partial charge is 0.232 e. The van der Waals surface area contributed by atoms with E-state index >= 15 is 0 Å². The molecule has 11 heavy (non-hydrogen) atoms. The Bertz CT molecular complexity index is 119. The van der Waals surface area contributed by atoms with E-state index in [0.29, 0.717) is 0 Å². The van der Waals surface area contributed by atoms with Gasteiger partial charge in [-0.1, -0.05) is 0 Å². The maximum atomic E-state index is 10.9. The van der Waals surface area contributed by atoms with Gasteiger partial charge >= 0.3 is 0 Å². The molecule has 4 heteroatoms. The fraction of sp³-hybridized carbons (Fsp3) is 0.857. The first kappa shape index (κ1) is 10.8. The van der Waals surface area contributed by atoms with Gasteiger partial charge in [-0.15, -0.1) is 11.8 Å². The second-order valence-corrected chi connectivity index (χ2v) is 3.65. The first-order chi connectivity index (χ1) is 5.22. The number of amides is 1. The van der Waals surface area contributed by atoms with Gasteiger partial charge in [0.15, 0.2) is 0 Å². The van der Waals surface area contributed by atoms with E-state index in [0.717, 1.165) is 12.2 Å². The zero-order valence-electron chi connectivity index (χ0n) is 6.96. The van der Waals surface area contributed by atoms with Crippen molar-refractivity contribution in [2.75, 3.05) is 19.4 Å². The summed E-state index contributed by atoms with van der Waals surface area (Å²) in [5.74, 6) is 0.887. The molecule has 0 aromatic rings. The van der Waals surface area contributed by atoms with E-state index in [4.69, 9.17) is 5.11 Å². The van der Waals surface area contributed by atoms with E-state index in [9.17, 15) is 4.79 Å². The molecule has 0 fully saturated rings. The van der Waals surface area contributed by atoms with Gasteiger partial charge in [0.2, 0.25) is 5.91 Å². The molecule has 1 atom stereocenters. The van der Waals surface area contributed by atoms with Gasteiger partial charge in [-0.05, 0) is 19.1 Å². The zero-order valence-corrected chi connectivity index (χ0v) is 7.78. The largest absolute Gasteiger partial charge is 0.396 e. The molecule has 0 aliphatic carbocycles. The van der Waals surface area contributed by atoms with Gasteiger partial charge in [-0.25, -0.2) is 0 Å². The van der Waals surface area contributed by atoms with Crippen molar-refractivity contribution >= 4 is 17.7 Å². The Labute approximate surface area is 71.6 Å². The lowest BCUT2D eigenvalue weighted by Gasteiger charge is -2.07. The second kappa shape index (κ2) is 6.49. The number of carbonyl (C=O) groups is 1. The van der Waals surface area contributed by atoms with Crippen LogP contribution in [0.3, 0.4) is 0 Å². The summed E-state index contributed by atoms with van der Waals surface area (Å²) < 4.78 is 0. The molecule has 0 aromatic heterocycles. The predicted molar refractivity (Wildman–Crippen MR) is 47.7 cm³/mol. The minimum absolute atomic E-state index is 0.00782. The van der Waals surface area contributed by atoms with E-state index in [1.54, 1.807) is 18.8 Å². The lowest BCUT2D eigenvalue weighted by molar-refractivity contribution is -0.119. The molecule has 0 rings (SSSR count). The number of hydrogen-bond acceptors (Lipinski definition) is 3. The lowest BCUT2D eigenvalue weighted by atomic mass is 10.4. The van der Waals surface area contributed by atoms with Crippen molar-refractivity contribution in [2.24, 2.45) is 0 Å². The van der Waals surface area contributed by atoms with Crippen LogP contribution in [0.4, 0.5) is 0 Å². The highest BCUT2D eigenvalue weighted by atomic mass is 32.2. The number of carbonyl (C=O) groups excluding carboxylic acids is 1. The molecule has 3 nitrogen and oxygen atoms in total. The van der Waals surface area contributed by atoms with Gasteiger partial charge in [0.25, 0.3) is 0 Å². The van der Waals surface area contributed by atoms with E-state index in [-0.39, 0.29) is 17.8 Å². The number of hydrogen-bond donors (Lipinski definition) is 2. The van der Waals surface area contributed by atoms with Crippen LogP contribution in [0.15, 0.2) is 0 Å². The topological polar surface area (TPSA) is 49.3 Å². The monoisotopic (exact) mass is 177 g/mol. The molecule has 0 saturated carbocycles. The number of nitrogens with one attached hydrogen (secondary N) is 1. The first-order valence-corrected chi connectivity index (χ1v) is 4.71. The quantitative estimate of drug-likeness (QED) is 0.591. The minimum atomic E-state index is -0.00782. The van der Waals surface area contributed by atoms with Crippen LogP contribution in [0.1, 0.15) is 13.3 Å². The highest BCUT2D eigenvalue weighted by Crippen LogP contribution is 2.10. The number of aliphatic hydroxyl groups is 1. The zero-order chi connectivity index (χ0) is 8.69. The molecule has 1 amide bonds. The van der Waals surface area contributed by atoms with E-state index in [2.05, 4.69) is 5.32 Å². The van der Waals surface area contributed by atoms with E-state index in [1.807, 2.05) is 6.92 Å². The molecule has 0 saturated heterocycles. The average molecular weight is 177 g/mol. The molecule has 1 unspecified atom stereocenters. The number of rotatable bonds is 5. The summed E-state index contributed by atoms with van der Waals surface area (Å²) in [7, 11) is 1.63. The molecule has 66 valence electrons. The Morgan fingerprint density at radius 3 is 2.82 bits per heavy atom. The Kier molecular flexibility index (Phi) is 6.36. The Hall–Kier alpha value is -0.220. The van der Waals surface area contributed by atoms with Gasteiger partial charge < -0.3 is 10.4 Å². The van der Waals surface area contributed by atoms with Gasteiger partial charge in [0.05, 0.1) is 5.25 Å². The highest BCUT2D eigenvalue weighted by molar-refractivity contribution is 8.00. The normalized spacial score (nSPS) is 12.6. The van der Waals surface area contributed by atoms with Crippen LogP contribution in [0.5, 0.6) is 0 Å². The standard InChI is InChI=1S/C7H15NO2S/c1-6(7(10)8-2)11-5-3-4-9/h6,9H,3-5H2,1-2H3,(H,8,10). The van der Waals surface area contributed by atoms with Crippen LogP contribution < -0.4 is 5.32 Å². The van der Waals surface area contributed by atoms with E-state index in [1.165, 1.54) is 0 Å². The maximum absolute atomic E-state index is 10.9. The molecule has 0 aromatic carbocycles. The molecule has 2 N–H and O–H groups in total. The lowest BCUT2D eigenvalue weighted by Crippen LogP contribution is -2.27. The van der Waals surface area contributed by atoms with Crippen LogP contribution in [-0.4, -0.2) is 35.7 Å². The van der Waals surface area contributed by atoms with Crippen molar-refractivity contribution in [1.29, 1.82) is 0 Å². The maximum Gasteiger partial charge on any atom is 0.232 e. The predicted octanol–water partition coefficient (Wildman–Crippen LogP) is 0.236. The van der Waals surface area contributed by atoms with Crippen molar-refractivity contribution in [3.8, 4) is 0 Å². The molecule has 0 bridgehead atoms. The third-order valence-electron chi connectivity index (χ3n) is 1.29. The molecular weight excluding hydrogens is 162 g/mol. The highest BCUT2D eigenvalue weighted by Gasteiger charge is 2.09. The van der Waals surface area contributed by atoms with Gasteiger partial charge in [0.1, 0.15) is 0 Å². The Morgan fingerprint density at radius 2 is 2.36 bits per heavy atom. The Morgan fingerprint density at radius 1 is 1.73 bits per heavy atom. The summed E-state index contributed by atoms with van der Waals surface area (Å²) in [5, 5.41) is 11.0. The third-order valence-corrected chi connectivity index (χ3v) is 2.52. The number of aliphatic hydroxyl groups excluding tert-OH is 1. The van der Waals surface area contributed by atoms with Crippen LogP contribution in [0, 0.1) is 0 Å². The van der Waals surface area contributed by atoms with Crippen molar-refractivity contribution in [3.05, 3.63) is 0 Å². The summed E-state index contributed by atoms with van der Waals surface area (Å²) >= 11 is 1.56. The molecule has 0 aliphatic rings. The molecule has 0 spiro atoms. The summed E-state index contributed by atoms with van der Waals surface area (Å²) in [4.78, 5) is 10.9. The number of thioether (sulfide) groups is 1. The van der Waals surface area contributed by atoms with E-state index < -0.39 is 0 Å². The fourth-order valence-electron chi connectivity index (χ4n) is 0.604. The third kappa shape index (κ3) is 5.09. The molecule has 0 aliphatic heterocycles. The molecule has 0 radical (unpaired) electrons. The van der Waals surface area contributed by atoms with Crippen LogP contribution >= 0.6 is 11.8 Å². The van der Waals surface area contributed by atoms with Crippen LogP contribution in [-0.2, 0) is 4.79 Å². The van der Waals surface area contributed by atoms with Crippen molar-refractivity contribution in [2.45, 2.75) is 18.6 Å². The molecular formula is C7H15NO2S. The molecule has 0 heterocycles. The van der Waals surface area contributed by atoms with Gasteiger partial charge in [-0.2, -0.15) is 0 Å². The summed E-state index contributed by atoms with van der Waals surface area (Å²) in [6.45, 7) is 2.06. The van der Waals surface area contributed by atoms with Gasteiger partial charge in [-0.3, -0.25) is 4.79 Å².